The van der Waals surface area contributed by atoms with Crippen LogP contribution in [0.1, 0.15) is 41.5 Å². The van der Waals surface area contributed by atoms with Crippen molar-refractivity contribution in [3.8, 4) is 16.8 Å². The molecule has 0 radical (unpaired) electrons. The van der Waals surface area contributed by atoms with Gasteiger partial charge in [0.05, 0.1) is 16.6 Å². The first-order valence-corrected chi connectivity index (χ1v) is 10.7. The molecule has 4 aromatic rings. The lowest BCUT2D eigenvalue weighted by Crippen LogP contribution is -2.03. The second kappa shape index (κ2) is 9.06. The van der Waals surface area contributed by atoms with E-state index in [4.69, 9.17) is 4.98 Å². The molecule has 32 heavy (non-hydrogen) atoms. The molecule has 1 aromatic heterocycles. The Balaban J connectivity index is 1.84. The highest BCUT2D eigenvalue weighted by atomic mass is 16.4. The van der Waals surface area contributed by atoms with Crippen molar-refractivity contribution in [1.29, 1.82) is 0 Å². The Kier molecular flexibility index (Phi) is 6.03. The van der Waals surface area contributed by atoms with Gasteiger partial charge in [-0.15, -0.1) is 0 Å². The summed E-state index contributed by atoms with van der Waals surface area (Å²) in [5, 5.41) is 12.3. The van der Waals surface area contributed by atoms with E-state index in [0.717, 1.165) is 52.9 Å². The first kappa shape index (κ1) is 21.3. The third-order valence-electron chi connectivity index (χ3n) is 5.62. The lowest BCUT2D eigenvalue weighted by Gasteiger charge is -2.14. The summed E-state index contributed by atoms with van der Waals surface area (Å²) in [5.41, 5.74) is 6.33. The molecule has 0 bridgehead atoms. The van der Waals surface area contributed by atoms with Gasteiger partial charge in [0, 0.05) is 17.8 Å². The van der Waals surface area contributed by atoms with Crippen LogP contribution in [0.25, 0.3) is 27.8 Å². The number of carbonyl (C=O) groups excluding carboxylic acids is 1. The van der Waals surface area contributed by atoms with Crippen LogP contribution in [0.5, 0.6) is 0 Å². The highest BCUT2D eigenvalue weighted by Gasteiger charge is 2.16. The molecule has 6 nitrogen and oxygen atoms in total. The third kappa shape index (κ3) is 3.99. The molecule has 0 unspecified atom stereocenters. The van der Waals surface area contributed by atoms with Crippen LogP contribution in [-0.4, -0.2) is 27.0 Å². The number of imidazole rings is 1. The summed E-state index contributed by atoms with van der Waals surface area (Å²) in [6.45, 7) is 4.15. The number of nitrogens with one attached hydrogen (secondary N) is 1. The third-order valence-corrected chi connectivity index (χ3v) is 5.62. The molecule has 1 heterocycles. The minimum absolute atomic E-state index is 0.287. The molecule has 3 aromatic carbocycles. The molecule has 2 N–H and O–H groups in total. The van der Waals surface area contributed by atoms with E-state index in [2.05, 4.69) is 22.9 Å². The zero-order valence-electron chi connectivity index (χ0n) is 18.1. The molecule has 0 aliphatic carbocycles. The molecule has 0 saturated carbocycles. The van der Waals surface area contributed by atoms with Gasteiger partial charge in [-0.25, -0.2) is 9.78 Å². The van der Waals surface area contributed by atoms with Crippen molar-refractivity contribution in [2.24, 2.45) is 0 Å². The van der Waals surface area contributed by atoms with E-state index in [1.165, 1.54) is 0 Å². The fourth-order valence-corrected chi connectivity index (χ4v) is 4.07. The van der Waals surface area contributed by atoms with Gasteiger partial charge in [-0.3, -0.25) is 9.36 Å². The predicted molar refractivity (Wildman–Crippen MR) is 127 cm³/mol. The largest absolute Gasteiger partial charge is 0.478 e. The van der Waals surface area contributed by atoms with Gasteiger partial charge in [-0.2, -0.15) is 0 Å². The second-order valence-electron chi connectivity index (χ2n) is 7.78. The molecule has 0 aliphatic heterocycles. The Morgan fingerprint density at radius 1 is 1.09 bits per heavy atom. The molecule has 4 rings (SSSR count). The van der Waals surface area contributed by atoms with Crippen molar-refractivity contribution < 1.29 is 14.7 Å². The average molecular weight is 428 g/mol. The van der Waals surface area contributed by atoms with Crippen molar-refractivity contribution in [2.75, 3.05) is 5.32 Å². The second-order valence-corrected chi connectivity index (χ2v) is 7.78. The summed E-state index contributed by atoms with van der Waals surface area (Å²) in [5.74, 6) is 0.0226. The minimum atomic E-state index is -0.939. The number of anilines is 1. The normalized spacial score (nSPS) is 10.9. The topological polar surface area (TPSA) is 84.2 Å². The van der Waals surface area contributed by atoms with E-state index in [9.17, 15) is 14.7 Å². The molecule has 0 spiro atoms. The number of rotatable bonds is 8. The smallest absolute Gasteiger partial charge is 0.336 e. The molecule has 0 aliphatic rings. The fraction of sp³-hybridized carbons (Fsp3) is 0.192. The van der Waals surface area contributed by atoms with Crippen molar-refractivity contribution in [1.82, 2.24) is 9.55 Å². The number of carboxylic acid groups (broad SMARTS) is 1. The Bertz CT molecular complexity index is 1310. The van der Waals surface area contributed by atoms with Crippen LogP contribution >= 0.6 is 0 Å². The lowest BCUT2D eigenvalue weighted by atomic mass is 9.95. The van der Waals surface area contributed by atoms with Crippen LogP contribution in [0.2, 0.25) is 0 Å². The van der Waals surface area contributed by atoms with E-state index < -0.39 is 5.97 Å². The maximum absolute atomic E-state index is 11.7. The number of carboxylic acids is 1. The summed E-state index contributed by atoms with van der Waals surface area (Å²) < 4.78 is 2.15. The number of amides is 1. The molecule has 0 atom stereocenters. The molecular formula is C26H25N3O3. The van der Waals surface area contributed by atoms with Gasteiger partial charge in [0.15, 0.2) is 0 Å². The number of fused-ring (bicyclic) bond motifs is 1. The van der Waals surface area contributed by atoms with Gasteiger partial charge in [-0.1, -0.05) is 37.6 Å². The summed E-state index contributed by atoms with van der Waals surface area (Å²) in [7, 11) is 0. The quantitative estimate of drug-likeness (QED) is 0.358. The Hall–Kier alpha value is -3.93. The van der Waals surface area contributed by atoms with Crippen LogP contribution in [0.4, 0.5) is 5.69 Å². The number of hydrogen-bond donors (Lipinski definition) is 2. The summed E-state index contributed by atoms with van der Waals surface area (Å²) >= 11 is 0. The van der Waals surface area contributed by atoms with Gasteiger partial charge in [0.1, 0.15) is 5.82 Å². The monoisotopic (exact) mass is 427 g/mol. The van der Waals surface area contributed by atoms with E-state index in [-0.39, 0.29) is 5.56 Å². The first-order valence-electron chi connectivity index (χ1n) is 10.7. The summed E-state index contributed by atoms with van der Waals surface area (Å²) in [4.78, 5) is 27.4. The maximum Gasteiger partial charge on any atom is 0.336 e. The van der Waals surface area contributed by atoms with Gasteiger partial charge >= 0.3 is 5.97 Å². The zero-order valence-corrected chi connectivity index (χ0v) is 18.1. The Morgan fingerprint density at radius 2 is 1.91 bits per heavy atom. The number of benzene rings is 3. The van der Waals surface area contributed by atoms with Crippen molar-refractivity contribution >= 4 is 29.1 Å². The highest BCUT2D eigenvalue weighted by molar-refractivity contribution is 5.96. The van der Waals surface area contributed by atoms with Crippen LogP contribution in [-0.2, 0) is 11.2 Å². The number of carbonyl (C=O) groups is 2. The average Bonchev–Trinajstić information content (AvgIpc) is 3.15. The maximum atomic E-state index is 11.7. The van der Waals surface area contributed by atoms with Crippen LogP contribution < -0.4 is 5.32 Å². The SMILES string of the molecule is CCCCc1nc2cc(NC=O)ccc2n1-c1ccc(-c2ccccc2C(=O)O)c(C)c1. The molecule has 1 amide bonds. The first-order chi connectivity index (χ1) is 15.5. The van der Waals surface area contributed by atoms with Crippen LogP contribution in [0.3, 0.4) is 0 Å². The van der Waals surface area contributed by atoms with Crippen molar-refractivity contribution in [2.45, 2.75) is 33.1 Å². The lowest BCUT2D eigenvalue weighted by molar-refractivity contribution is -0.105. The fourth-order valence-electron chi connectivity index (χ4n) is 4.07. The molecule has 0 fully saturated rings. The van der Waals surface area contributed by atoms with Crippen molar-refractivity contribution in [3.63, 3.8) is 0 Å². The Labute approximate surface area is 186 Å². The van der Waals surface area contributed by atoms with Gasteiger partial charge in [-0.05, 0) is 66.4 Å². The number of aromatic carboxylic acids is 1. The molecule has 162 valence electrons. The van der Waals surface area contributed by atoms with Gasteiger partial charge < -0.3 is 10.4 Å². The standard InChI is InChI=1S/C26H25N3O3/c1-3-4-9-25-28-23-15-18(27-16-30)10-13-24(23)29(25)19-11-12-20(17(2)14-19)21-7-5-6-8-22(21)26(31)32/h5-8,10-16H,3-4,9H2,1-2H3,(H,27,30)(H,31,32). The van der Waals surface area contributed by atoms with Crippen molar-refractivity contribution in [3.05, 3.63) is 77.6 Å². The number of aryl methyl sites for hydroxylation is 2. The minimum Gasteiger partial charge on any atom is -0.478 e. The summed E-state index contributed by atoms with van der Waals surface area (Å²) in [6.07, 6.45) is 3.58. The van der Waals surface area contributed by atoms with Crippen LogP contribution in [0, 0.1) is 6.92 Å². The van der Waals surface area contributed by atoms with E-state index in [0.29, 0.717) is 17.7 Å². The highest BCUT2D eigenvalue weighted by Crippen LogP contribution is 2.31. The zero-order chi connectivity index (χ0) is 22.7. The van der Waals surface area contributed by atoms with E-state index in [1.54, 1.807) is 12.1 Å². The van der Waals surface area contributed by atoms with Crippen LogP contribution in [0.15, 0.2) is 60.7 Å². The van der Waals surface area contributed by atoms with E-state index >= 15 is 0 Å². The summed E-state index contributed by atoms with van der Waals surface area (Å²) in [6, 6.07) is 18.8. The molecule has 0 saturated heterocycles. The number of unbranched alkanes of at least 4 members (excludes halogenated alkanes) is 1. The number of nitrogens with zero attached hydrogens (tertiary/aromatic N) is 2. The van der Waals surface area contributed by atoms with Gasteiger partial charge in [0.2, 0.25) is 6.41 Å². The number of aromatic nitrogens is 2. The van der Waals surface area contributed by atoms with E-state index in [1.807, 2.05) is 49.4 Å². The Morgan fingerprint density at radius 3 is 2.62 bits per heavy atom. The van der Waals surface area contributed by atoms with Gasteiger partial charge in [0.25, 0.3) is 0 Å². The predicted octanol–water partition coefficient (Wildman–Crippen LogP) is 5.61. The number of hydrogen-bond acceptors (Lipinski definition) is 3. The molecule has 6 heteroatoms. The molecular weight excluding hydrogens is 402 g/mol.